The minimum atomic E-state index is 0. The fourth-order valence-corrected chi connectivity index (χ4v) is 0.0642. The van der Waals surface area contributed by atoms with Gasteiger partial charge in [-0.25, -0.2) is 6.08 Å². The summed E-state index contributed by atoms with van der Waals surface area (Å²) >= 11 is 0. The molecule has 0 aromatic heterocycles. The smallest absolute Gasteiger partial charge is 0 e. The van der Waals surface area contributed by atoms with Crippen LogP contribution in [-0.4, -0.2) is 0 Å². The first-order chi connectivity index (χ1) is 2.41. The van der Waals surface area contributed by atoms with Gasteiger partial charge in [0.1, 0.15) is 0 Å². The van der Waals surface area contributed by atoms with Crippen molar-refractivity contribution in [1.82, 2.24) is 0 Å². The summed E-state index contributed by atoms with van der Waals surface area (Å²) in [6.45, 7) is 4.85. The molecule has 0 bridgehead atoms. The van der Waals surface area contributed by atoms with Crippen LogP contribution in [0.5, 0.6) is 0 Å². The Morgan fingerprint density at radius 3 is 2.00 bits per heavy atom. The van der Waals surface area contributed by atoms with Crippen molar-refractivity contribution >= 4 is 0 Å². The van der Waals surface area contributed by atoms with Gasteiger partial charge in [0.05, 0.1) is 0 Å². The third-order valence-corrected chi connectivity index (χ3v) is 0.222. The van der Waals surface area contributed by atoms with E-state index in [1.807, 2.05) is 0 Å². The van der Waals surface area contributed by atoms with Crippen molar-refractivity contribution in [2.45, 2.75) is 0 Å². The summed E-state index contributed by atoms with van der Waals surface area (Å²) in [5, 5.41) is 0. The van der Waals surface area contributed by atoms with Crippen LogP contribution in [0.3, 0.4) is 0 Å². The molecule has 31 valence electrons. The second-order valence-electron chi connectivity index (χ2n) is 0.577. The van der Waals surface area contributed by atoms with Crippen molar-refractivity contribution in [3.63, 3.8) is 0 Å². The molecule has 0 saturated carbocycles. The Morgan fingerprint density at radius 2 is 2.00 bits per heavy atom. The Hall–Kier alpha value is 0.384. The maximum atomic E-state index is 4.85. The summed E-state index contributed by atoms with van der Waals surface area (Å²) in [5.74, 6) is 0. The van der Waals surface area contributed by atoms with E-state index in [0.717, 1.165) is 0 Å². The molecule has 0 aliphatic rings. The largest absolute Gasteiger partial charge is 0.420 e. The number of nitrogens with two attached hydrogens (primary N) is 1. The SMILES string of the molecule is [CH-]=C/C=C/N.[Y]. The Balaban J connectivity index is 0. The van der Waals surface area contributed by atoms with Crippen LogP contribution in [0.1, 0.15) is 0 Å². The molecular weight excluding hydrogens is 151 g/mol. The predicted molar refractivity (Wildman–Crippen MR) is 22.2 cm³/mol. The van der Waals surface area contributed by atoms with E-state index >= 15 is 0 Å². The van der Waals surface area contributed by atoms with E-state index in [1.54, 1.807) is 6.08 Å². The number of allylic oxidation sites excluding steroid dienone is 2. The second kappa shape index (κ2) is 9.04. The van der Waals surface area contributed by atoms with Crippen LogP contribution in [0.15, 0.2) is 18.4 Å². The molecule has 0 heterocycles. The molecule has 1 nitrogen and oxygen atoms in total. The Labute approximate surface area is 63.2 Å². The first-order valence-corrected chi connectivity index (χ1v) is 1.33. The summed E-state index contributed by atoms with van der Waals surface area (Å²) in [7, 11) is 0. The molecule has 2 N–H and O–H groups in total. The molecule has 2 heteroatoms. The molecule has 1 radical (unpaired) electrons. The minimum absolute atomic E-state index is 0. The maximum Gasteiger partial charge on any atom is 0 e. The van der Waals surface area contributed by atoms with E-state index in [0.29, 0.717) is 0 Å². The van der Waals surface area contributed by atoms with Crippen LogP contribution in [-0.2, 0) is 32.7 Å². The van der Waals surface area contributed by atoms with E-state index in [4.69, 9.17) is 12.3 Å². The molecule has 0 saturated heterocycles. The molecule has 0 spiro atoms. The van der Waals surface area contributed by atoms with Crippen molar-refractivity contribution in [2.75, 3.05) is 0 Å². The third kappa shape index (κ3) is 8.83. The van der Waals surface area contributed by atoms with Gasteiger partial charge in [-0.05, 0) is 0 Å². The maximum absolute atomic E-state index is 4.85. The molecule has 0 aliphatic heterocycles. The first kappa shape index (κ1) is 9.63. The van der Waals surface area contributed by atoms with Gasteiger partial charge in [0, 0.05) is 32.7 Å². The molecule has 0 aliphatic carbocycles. The summed E-state index contributed by atoms with van der Waals surface area (Å²) in [5.41, 5.74) is 4.85. The van der Waals surface area contributed by atoms with Crippen molar-refractivity contribution in [3.8, 4) is 0 Å². The van der Waals surface area contributed by atoms with Gasteiger partial charge in [-0.1, -0.05) is 6.20 Å². The zero-order valence-corrected chi connectivity index (χ0v) is 6.30. The number of hydrogen-bond acceptors (Lipinski definition) is 1. The van der Waals surface area contributed by atoms with Crippen LogP contribution < -0.4 is 5.73 Å². The van der Waals surface area contributed by atoms with E-state index in [-0.39, 0.29) is 32.7 Å². The summed E-state index contributed by atoms with van der Waals surface area (Å²) < 4.78 is 0. The summed E-state index contributed by atoms with van der Waals surface area (Å²) in [6.07, 6.45) is 4.31. The van der Waals surface area contributed by atoms with Crippen LogP contribution >= 0.6 is 0 Å². The predicted octanol–water partition coefficient (Wildman–Crippen LogP) is 0.445. The molecule has 0 aromatic carbocycles. The van der Waals surface area contributed by atoms with Crippen molar-refractivity contribution in [2.24, 2.45) is 5.73 Å². The van der Waals surface area contributed by atoms with Gasteiger partial charge < -0.3 is 5.73 Å². The van der Waals surface area contributed by atoms with E-state index < -0.39 is 0 Å². The zero-order chi connectivity index (χ0) is 4.12. The topological polar surface area (TPSA) is 26.0 Å². The molecule has 0 rings (SSSR count). The second-order valence-corrected chi connectivity index (χ2v) is 0.577. The van der Waals surface area contributed by atoms with E-state index in [2.05, 4.69) is 0 Å². The van der Waals surface area contributed by atoms with Gasteiger partial charge in [0.15, 0.2) is 0 Å². The molecule has 0 fully saturated rings. The standard InChI is InChI=1S/C4H6N.Y/c1-2-3-4-5;/h1-4H,5H2;/q-1;/b4-3+;. The van der Waals surface area contributed by atoms with Crippen molar-refractivity contribution in [3.05, 3.63) is 24.9 Å². The molecule has 0 aromatic rings. The van der Waals surface area contributed by atoms with Gasteiger partial charge in [0.25, 0.3) is 0 Å². The zero-order valence-electron chi connectivity index (χ0n) is 3.46. The quantitative estimate of drug-likeness (QED) is 0.433. The Bertz CT molecular complexity index is 49.5. The fraction of sp³-hybridized carbons (Fsp3) is 0. The molecule has 0 amide bonds. The third-order valence-electron chi connectivity index (χ3n) is 0.222. The fourth-order valence-electron chi connectivity index (χ4n) is 0.0642. The summed E-state index contributed by atoms with van der Waals surface area (Å²) in [4.78, 5) is 0. The first-order valence-electron chi connectivity index (χ1n) is 1.33. The average Bonchev–Trinajstić information content (AvgIpc) is 1.41. The van der Waals surface area contributed by atoms with Crippen LogP contribution in [0.4, 0.5) is 0 Å². The Kier molecular flexibility index (Phi) is 14.5. The van der Waals surface area contributed by atoms with Gasteiger partial charge in [0.2, 0.25) is 0 Å². The van der Waals surface area contributed by atoms with Gasteiger partial charge in [-0.15, -0.1) is 0 Å². The van der Waals surface area contributed by atoms with E-state index in [9.17, 15) is 0 Å². The molecular formula is C4H6NY-. The van der Waals surface area contributed by atoms with Gasteiger partial charge in [-0.2, -0.15) is 6.08 Å². The minimum Gasteiger partial charge on any atom is -0.420 e. The summed E-state index contributed by atoms with van der Waals surface area (Å²) in [6, 6.07) is 0. The monoisotopic (exact) mass is 157 g/mol. The Morgan fingerprint density at radius 1 is 1.50 bits per heavy atom. The molecule has 0 unspecified atom stereocenters. The van der Waals surface area contributed by atoms with Crippen molar-refractivity contribution < 1.29 is 32.7 Å². The van der Waals surface area contributed by atoms with Crippen LogP contribution in [0.2, 0.25) is 0 Å². The van der Waals surface area contributed by atoms with Gasteiger partial charge in [-0.3, -0.25) is 6.58 Å². The molecule has 0 atom stereocenters. The van der Waals surface area contributed by atoms with Gasteiger partial charge >= 0.3 is 0 Å². The number of rotatable bonds is 1. The van der Waals surface area contributed by atoms with Crippen LogP contribution in [0.25, 0.3) is 0 Å². The number of hydrogen-bond donors (Lipinski definition) is 1. The van der Waals surface area contributed by atoms with Crippen molar-refractivity contribution in [1.29, 1.82) is 0 Å². The average molecular weight is 157 g/mol. The molecule has 6 heavy (non-hydrogen) atoms. The van der Waals surface area contributed by atoms with E-state index in [1.165, 1.54) is 12.3 Å². The normalized spacial score (nSPS) is 7.33. The van der Waals surface area contributed by atoms with Crippen LogP contribution in [0, 0.1) is 6.58 Å².